The van der Waals surface area contributed by atoms with E-state index in [1.165, 1.54) is 5.56 Å². The molecule has 160 valence electrons. The molecule has 0 bridgehead atoms. The van der Waals surface area contributed by atoms with Crippen molar-refractivity contribution < 1.29 is 14.3 Å². The van der Waals surface area contributed by atoms with E-state index in [9.17, 15) is 9.59 Å². The number of aryl methyl sites for hydroxylation is 1. The zero-order chi connectivity index (χ0) is 21.5. The van der Waals surface area contributed by atoms with E-state index in [2.05, 4.69) is 58.7 Å². The fraction of sp³-hybridized carbons (Fsp3) is 0.391. The highest BCUT2D eigenvalue weighted by atomic mass is 16.5. The molecule has 1 atom stereocenters. The number of hydrogen-bond donors (Lipinski definition) is 2. The highest BCUT2D eigenvalue weighted by Crippen LogP contribution is 2.22. The molecule has 0 unspecified atom stereocenters. The molecule has 7 nitrogen and oxygen atoms in total. The van der Waals surface area contributed by atoms with E-state index in [4.69, 9.17) is 4.74 Å². The van der Waals surface area contributed by atoms with Crippen LogP contribution in [0.2, 0.25) is 0 Å². The van der Waals surface area contributed by atoms with Gasteiger partial charge < -0.3 is 20.3 Å². The number of likely N-dealkylation sites (N-methyl/N-ethyl adjacent to an activating group) is 1. The maximum Gasteiger partial charge on any atom is 0.313 e. The second kappa shape index (κ2) is 10.2. The number of carbonyl (C=O) groups is 2. The minimum Gasteiger partial charge on any atom is -0.497 e. The summed E-state index contributed by atoms with van der Waals surface area (Å²) in [4.78, 5) is 29.4. The molecular weight excluding hydrogens is 380 g/mol. The topological polar surface area (TPSA) is 73.9 Å². The van der Waals surface area contributed by atoms with Gasteiger partial charge in [0.05, 0.1) is 13.2 Å². The molecule has 1 heterocycles. The summed E-state index contributed by atoms with van der Waals surface area (Å²) in [5, 5.41) is 5.44. The first-order valence-electron chi connectivity index (χ1n) is 10.2. The SMILES string of the molecule is COc1ccc(NC(=O)C(=O)NC[C@@H](c2ccc(C)cc2)N2CCN(C)CC2)cc1. The number of benzene rings is 2. The fourth-order valence-corrected chi connectivity index (χ4v) is 3.51. The maximum absolute atomic E-state index is 12.4. The summed E-state index contributed by atoms with van der Waals surface area (Å²) in [5.41, 5.74) is 2.88. The average molecular weight is 411 g/mol. The number of nitrogens with zero attached hydrogens (tertiary/aromatic N) is 2. The molecule has 2 N–H and O–H groups in total. The smallest absolute Gasteiger partial charge is 0.313 e. The normalized spacial score (nSPS) is 16.0. The monoisotopic (exact) mass is 410 g/mol. The summed E-state index contributed by atoms with van der Waals surface area (Å²) in [6.07, 6.45) is 0. The molecule has 1 aliphatic rings. The quantitative estimate of drug-likeness (QED) is 0.713. The summed E-state index contributed by atoms with van der Waals surface area (Å²) in [6, 6.07) is 15.2. The van der Waals surface area contributed by atoms with Crippen molar-refractivity contribution in [2.75, 3.05) is 52.2 Å². The van der Waals surface area contributed by atoms with Crippen LogP contribution < -0.4 is 15.4 Å². The van der Waals surface area contributed by atoms with Crippen LogP contribution in [-0.2, 0) is 9.59 Å². The van der Waals surface area contributed by atoms with Crippen LogP contribution in [0.4, 0.5) is 5.69 Å². The van der Waals surface area contributed by atoms with Gasteiger partial charge in [-0.1, -0.05) is 29.8 Å². The number of carbonyl (C=O) groups excluding carboxylic acids is 2. The van der Waals surface area contributed by atoms with Crippen LogP contribution in [0.5, 0.6) is 5.75 Å². The molecule has 0 aliphatic carbocycles. The average Bonchev–Trinajstić information content (AvgIpc) is 2.76. The summed E-state index contributed by atoms with van der Waals surface area (Å²) >= 11 is 0. The Morgan fingerprint density at radius 2 is 1.60 bits per heavy atom. The molecule has 1 saturated heterocycles. The Morgan fingerprint density at radius 3 is 2.20 bits per heavy atom. The third-order valence-corrected chi connectivity index (χ3v) is 5.45. The number of piperazine rings is 1. The van der Waals surface area contributed by atoms with Crippen molar-refractivity contribution in [1.82, 2.24) is 15.1 Å². The number of hydrogen-bond acceptors (Lipinski definition) is 5. The van der Waals surface area contributed by atoms with Crippen molar-refractivity contribution in [2.24, 2.45) is 0 Å². The Labute approximate surface area is 178 Å². The van der Waals surface area contributed by atoms with Crippen LogP contribution >= 0.6 is 0 Å². The number of rotatable bonds is 6. The third kappa shape index (κ3) is 5.81. The lowest BCUT2D eigenvalue weighted by molar-refractivity contribution is -0.136. The van der Waals surface area contributed by atoms with Crippen molar-refractivity contribution in [3.63, 3.8) is 0 Å². The minimum absolute atomic E-state index is 0.0250. The van der Waals surface area contributed by atoms with Gasteiger partial charge in [-0.05, 0) is 43.8 Å². The van der Waals surface area contributed by atoms with Gasteiger partial charge in [0.15, 0.2) is 0 Å². The van der Waals surface area contributed by atoms with Crippen molar-refractivity contribution in [1.29, 1.82) is 0 Å². The molecule has 3 rings (SSSR count). The van der Waals surface area contributed by atoms with Gasteiger partial charge in [-0.25, -0.2) is 0 Å². The number of amides is 2. The highest BCUT2D eigenvalue weighted by Gasteiger charge is 2.25. The summed E-state index contributed by atoms with van der Waals surface area (Å²) in [6.45, 7) is 6.23. The highest BCUT2D eigenvalue weighted by molar-refractivity contribution is 6.39. The fourth-order valence-electron chi connectivity index (χ4n) is 3.51. The number of ether oxygens (including phenoxy) is 1. The first-order chi connectivity index (χ1) is 14.5. The molecular formula is C23H30N4O3. The molecule has 2 aromatic carbocycles. The van der Waals surface area contributed by atoms with Gasteiger partial charge >= 0.3 is 11.8 Å². The van der Waals surface area contributed by atoms with E-state index in [1.54, 1.807) is 31.4 Å². The zero-order valence-corrected chi connectivity index (χ0v) is 17.9. The standard InChI is InChI=1S/C23H30N4O3/c1-17-4-6-18(7-5-17)21(27-14-12-26(2)13-15-27)16-24-22(28)23(29)25-19-8-10-20(30-3)11-9-19/h4-11,21H,12-16H2,1-3H3,(H,24,28)(H,25,29)/t21-/m0/s1. The molecule has 7 heteroatoms. The largest absolute Gasteiger partial charge is 0.497 e. The van der Waals surface area contributed by atoms with Gasteiger partial charge in [0.25, 0.3) is 0 Å². The van der Waals surface area contributed by atoms with Crippen LogP contribution in [-0.4, -0.2) is 68.5 Å². The predicted octanol–water partition coefficient (Wildman–Crippen LogP) is 2.05. The van der Waals surface area contributed by atoms with E-state index in [-0.39, 0.29) is 6.04 Å². The zero-order valence-electron chi connectivity index (χ0n) is 17.9. The van der Waals surface area contributed by atoms with Gasteiger partial charge in [-0.3, -0.25) is 14.5 Å². The number of nitrogens with one attached hydrogen (secondary N) is 2. The maximum atomic E-state index is 12.4. The van der Waals surface area contributed by atoms with Crippen molar-refractivity contribution in [3.05, 3.63) is 59.7 Å². The minimum atomic E-state index is -0.679. The molecule has 1 aliphatic heterocycles. The number of anilines is 1. The summed E-state index contributed by atoms with van der Waals surface area (Å²) in [5.74, 6) is -0.635. The Kier molecular flexibility index (Phi) is 7.43. The van der Waals surface area contributed by atoms with E-state index in [0.29, 0.717) is 18.0 Å². The number of methoxy groups -OCH3 is 1. The van der Waals surface area contributed by atoms with Crippen molar-refractivity contribution in [3.8, 4) is 5.75 Å². The Morgan fingerprint density at radius 1 is 0.967 bits per heavy atom. The van der Waals surface area contributed by atoms with Crippen LogP contribution in [0.25, 0.3) is 0 Å². The van der Waals surface area contributed by atoms with Crippen molar-refractivity contribution in [2.45, 2.75) is 13.0 Å². The van der Waals surface area contributed by atoms with Gasteiger partial charge in [-0.15, -0.1) is 0 Å². The van der Waals surface area contributed by atoms with Crippen LogP contribution in [0.15, 0.2) is 48.5 Å². The Hall–Kier alpha value is -2.90. The van der Waals surface area contributed by atoms with E-state index >= 15 is 0 Å². The molecule has 1 fully saturated rings. The molecule has 2 amide bonds. The van der Waals surface area contributed by atoms with Crippen LogP contribution in [0.1, 0.15) is 17.2 Å². The second-order valence-electron chi connectivity index (χ2n) is 7.66. The predicted molar refractivity (Wildman–Crippen MR) is 118 cm³/mol. The van der Waals surface area contributed by atoms with Gasteiger partial charge in [0.2, 0.25) is 0 Å². The van der Waals surface area contributed by atoms with Gasteiger partial charge in [0.1, 0.15) is 5.75 Å². The molecule has 0 spiro atoms. The molecule has 2 aromatic rings. The van der Waals surface area contributed by atoms with E-state index < -0.39 is 11.8 Å². The Bertz CT molecular complexity index is 844. The van der Waals surface area contributed by atoms with Gasteiger partial charge in [0, 0.05) is 38.4 Å². The lowest BCUT2D eigenvalue weighted by Gasteiger charge is -2.38. The molecule has 0 radical (unpaired) electrons. The lowest BCUT2D eigenvalue weighted by Crippen LogP contribution is -2.49. The second-order valence-corrected chi connectivity index (χ2v) is 7.66. The summed E-state index contributed by atoms with van der Waals surface area (Å²) in [7, 11) is 3.69. The van der Waals surface area contributed by atoms with E-state index in [1.807, 2.05) is 0 Å². The van der Waals surface area contributed by atoms with Crippen LogP contribution in [0.3, 0.4) is 0 Å². The lowest BCUT2D eigenvalue weighted by atomic mass is 10.0. The first kappa shape index (κ1) is 21.8. The summed E-state index contributed by atoms with van der Waals surface area (Å²) < 4.78 is 5.10. The Balaban J connectivity index is 1.62. The van der Waals surface area contributed by atoms with E-state index in [0.717, 1.165) is 31.7 Å². The van der Waals surface area contributed by atoms with Crippen LogP contribution in [0, 0.1) is 6.92 Å². The molecule has 0 saturated carbocycles. The molecule has 30 heavy (non-hydrogen) atoms. The van der Waals surface area contributed by atoms with Gasteiger partial charge in [-0.2, -0.15) is 0 Å². The third-order valence-electron chi connectivity index (χ3n) is 5.45. The molecule has 0 aromatic heterocycles. The van der Waals surface area contributed by atoms with Crippen molar-refractivity contribution >= 4 is 17.5 Å². The first-order valence-corrected chi connectivity index (χ1v) is 10.2.